The topological polar surface area (TPSA) is 222 Å². The molecule has 4 rings (SSSR count). The number of carbonyl (C=O) groups excluding carboxylic acids is 2. The number of carbonyl (C=O) groups is 2. The number of alkyl halides is 12. The van der Waals surface area contributed by atoms with Crippen molar-refractivity contribution in [3.05, 3.63) is 125 Å². The van der Waals surface area contributed by atoms with Crippen molar-refractivity contribution in [2.24, 2.45) is 0 Å². The molecule has 4 aromatic carbocycles. The first-order valence-electron chi connectivity index (χ1n) is 15.9. The van der Waals surface area contributed by atoms with Crippen molar-refractivity contribution >= 4 is 50.1 Å². The molecular formula is C34H34F13N3O10S2. The molecule has 0 unspecified atom stereocenters. The van der Waals surface area contributed by atoms with Gasteiger partial charge in [0.15, 0.2) is 0 Å². The first kappa shape index (κ1) is 58.4. The van der Waals surface area contributed by atoms with Crippen LogP contribution in [0.15, 0.2) is 97.1 Å². The maximum absolute atomic E-state index is 12.2. The first-order chi connectivity index (χ1) is 27.9. The standard InChI is InChI=1S/C8H5F4NO.C8H6F3NO5S.C8H7F3.C7H6F3N.C3H8.H2O4S/c9-7(14)13-6-3-1-5(2-4-6)8(10,11)12;9-8(10,11)5-1-3-6(4-2-5)12-7(13)17-18(14,15)16;1-6-2-4-7(5-3-6)8(9,10)11;8-7(9,10)5-1-3-6(11)4-2-5;1-3-2;1-5(2,3)4/h1-4H,(H,13,14);1-4H,(H,12,13)(H,14,15,16);2-5H,1H3;1-4H,11H2;3H2,1-2H3;(H2,1,2,3,4). The summed E-state index contributed by atoms with van der Waals surface area (Å²) < 4.78 is 219. The molecule has 0 atom stereocenters. The van der Waals surface area contributed by atoms with E-state index < -0.39 is 80.0 Å². The Bertz CT molecular complexity index is 2100. The predicted molar refractivity (Wildman–Crippen MR) is 197 cm³/mol. The Labute approximate surface area is 344 Å². The van der Waals surface area contributed by atoms with E-state index in [4.69, 9.17) is 27.8 Å². The molecule has 0 aliphatic carbocycles. The maximum Gasteiger partial charge on any atom is 0.450 e. The van der Waals surface area contributed by atoms with Crippen molar-refractivity contribution in [2.45, 2.75) is 51.9 Å². The molecule has 0 aliphatic heterocycles. The van der Waals surface area contributed by atoms with Gasteiger partial charge in [-0.3, -0.25) is 24.3 Å². The quantitative estimate of drug-likeness (QED) is 0.0373. The average Bonchev–Trinajstić information content (AvgIpc) is 3.07. The number of aryl methyl sites for hydroxylation is 1. The molecule has 4 aromatic rings. The van der Waals surface area contributed by atoms with Crippen molar-refractivity contribution in [1.29, 1.82) is 0 Å². The molecule has 0 saturated carbocycles. The molecule has 0 heterocycles. The minimum absolute atomic E-state index is 0.0227. The van der Waals surface area contributed by atoms with Gasteiger partial charge in [-0.1, -0.05) is 38.0 Å². The molecule has 0 fully saturated rings. The maximum atomic E-state index is 12.2. The Hall–Kier alpha value is -5.71. The van der Waals surface area contributed by atoms with E-state index in [0.29, 0.717) is 17.8 Å². The van der Waals surface area contributed by atoms with Gasteiger partial charge in [0.05, 0.1) is 22.3 Å². The fourth-order valence-electron chi connectivity index (χ4n) is 3.25. The lowest BCUT2D eigenvalue weighted by molar-refractivity contribution is -0.138. The second kappa shape index (κ2) is 25.3. The van der Waals surface area contributed by atoms with E-state index in [1.807, 2.05) is 5.32 Å². The monoisotopic (exact) mass is 955 g/mol. The van der Waals surface area contributed by atoms with Gasteiger partial charge < -0.3 is 9.92 Å². The van der Waals surface area contributed by atoms with Crippen LogP contribution in [0.5, 0.6) is 0 Å². The highest BCUT2D eigenvalue weighted by molar-refractivity contribution is 7.81. The van der Waals surface area contributed by atoms with Gasteiger partial charge >= 0.3 is 57.8 Å². The van der Waals surface area contributed by atoms with Gasteiger partial charge in [-0.05, 0) is 91.9 Å². The number of anilines is 3. The summed E-state index contributed by atoms with van der Waals surface area (Å²) in [7, 11) is -9.63. The lowest BCUT2D eigenvalue weighted by Gasteiger charge is -2.08. The summed E-state index contributed by atoms with van der Waals surface area (Å²) in [5.41, 5.74) is 3.16. The van der Waals surface area contributed by atoms with E-state index >= 15 is 0 Å². The molecule has 13 nitrogen and oxygen atoms in total. The summed E-state index contributed by atoms with van der Waals surface area (Å²) in [5.74, 6) is 0. The molecule has 0 bridgehead atoms. The van der Waals surface area contributed by atoms with Crippen LogP contribution in [0.25, 0.3) is 0 Å². The second-order valence-corrected chi connectivity index (χ2v) is 13.0. The summed E-state index contributed by atoms with van der Waals surface area (Å²) in [4.78, 5) is 20.7. The van der Waals surface area contributed by atoms with Crippen LogP contribution in [-0.2, 0) is 49.7 Å². The molecular weight excluding hydrogens is 921 g/mol. The van der Waals surface area contributed by atoms with Gasteiger partial charge in [-0.2, -0.15) is 69.5 Å². The number of halogens is 13. The molecule has 0 aromatic heterocycles. The number of nitrogens with one attached hydrogen (secondary N) is 2. The zero-order chi connectivity index (χ0) is 48.9. The molecule has 7 N–H and O–H groups in total. The number of nitrogens with two attached hydrogens (primary N) is 1. The summed E-state index contributed by atoms with van der Waals surface area (Å²) in [5, 5.41) is 3.52. The molecule has 62 heavy (non-hydrogen) atoms. The van der Waals surface area contributed by atoms with Crippen molar-refractivity contribution in [1.82, 2.24) is 0 Å². The van der Waals surface area contributed by atoms with Crippen LogP contribution in [0.2, 0.25) is 0 Å². The molecule has 0 aliphatic rings. The summed E-state index contributed by atoms with van der Waals surface area (Å²) >= 11 is 0. The van der Waals surface area contributed by atoms with E-state index in [0.717, 1.165) is 66.2 Å². The summed E-state index contributed by atoms with van der Waals surface area (Å²) in [6, 6.07) is 16.0. The lowest BCUT2D eigenvalue weighted by Crippen LogP contribution is -2.18. The third-order valence-corrected chi connectivity index (χ3v) is 6.07. The molecule has 28 heteroatoms. The van der Waals surface area contributed by atoms with Crippen molar-refractivity contribution in [3.8, 4) is 0 Å². The van der Waals surface area contributed by atoms with Crippen molar-refractivity contribution in [2.75, 3.05) is 16.4 Å². The first-order valence-corrected chi connectivity index (χ1v) is 18.7. The van der Waals surface area contributed by atoms with Crippen LogP contribution in [0.4, 0.5) is 83.7 Å². The van der Waals surface area contributed by atoms with Gasteiger partial charge in [-0.25, -0.2) is 9.59 Å². The minimum Gasteiger partial charge on any atom is -0.399 e. The molecule has 348 valence electrons. The Morgan fingerprint density at radius 2 is 0.790 bits per heavy atom. The average molecular weight is 956 g/mol. The van der Waals surface area contributed by atoms with Crippen LogP contribution >= 0.6 is 0 Å². The van der Waals surface area contributed by atoms with Gasteiger partial charge in [0.1, 0.15) is 0 Å². The lowest BCUT2D eigenvalue weighted by atomic mass is 10.1. The Morgan fingerprint density at radius 3 is 1.03 bits per heavy atom. The van der Waals surface area contributed by atoms with Crippen LogP contribution in [0.3, 0.4) is 0 Å². The summed E-state index contributed by atoms with van der Waals surface area (Å²) in [6.07, 6.45) is -19.5. The fourth-order valence-corrected chi connectivity index (χ4v) is 3.48. The number of hydrogen-bond acceptors (Lipinski definition) is 8. The number of benzene rings is 4. The van der Waals surface area contributed by atoms with Gasteiger partial charge in [0, 0.05) is 17.1 Å². The van der Waals surface area contributed by atoms with Crippen LogP contribution in [0.1, 0.15) is 48.1 Å². The van der Waals surface area contributed by atoms with E-state index in [2.05, 4.69) is 18.0 Å². The zero-order valence-corrected chi connectivity index (χ0v) is 33.1. The van der Waals surface area contributed by atoms with Crippen molar-refractivity contribution in [3.63, 3.8) is 0 Å². The number of hydrogen-bond donors (Lipinski definition) is 6. The number of nitrogen functional groups attached to an aromatic ring is 1. The number of rotatable bonds is 3. The third kappa shape index (κ3) is 30.3. The fraction of sp³-hybridized carbons (Fsp3) is 0.235. The highest BCUT2D eigenvalue weighted by Gasteiger charge is 2.32. The Kier molecular flexibility index (Phi) is 23.8. The molecule has 0 spiro atoms. The minimum atomic E-state index is -4.97. The largest absolute Gasteiger partial charge is 0.450 e. The highest BCUT2D eigenvalue weighted by atomic mass is 32.3. The predicted octanol–water partition coefficient (Wildman–Crippen LogP) is 11.3. The van der Waals surface area contributed by atoms with E-state index in [-0.39, 0.29) is 11.4 Å². The molecule has 0 radical (unpaired) electrons. The van der Waals surface area contributed by atoms with E-state index in [1.54, 1.807) is 12.2 Å². The van der Waals surface area contributed by atoms with Gasteiger partial charge in [0.2, 0.25) is 0 Å². The van der Waals surface area contributed by atoms with Gasteiger partial charge in [-0.15, -0.1) is 4.39 Å². The van der Waals surface area contributed by atoms with E-state index in [1.165, 1.54) is 30.7 Å². The van der Waals surface area contributed by atoms with E-state index in [9.17, 15) is 75.1 Å². The van der Waals surface area contributed by atoms with Crippen molar-refractivity contribution < 1.29 is 101 Å². The number of amides is 2. The van der Waals surface area contributed by atoms with Crippen LogP contribution < -0.4 is 16.4 Å². The Balaban J connectivity index is 0. The second-order valence-electron chi connectivity index (χ2n) is 11.1. The molecule has 2 amide bonds. The van der Waals surface area contributed by atoms with Crippen LogP contribution in [0, 0.1) is 6.92 Å². The third-order valence-electron chi connectivity index (χ3n) is 5.71. The smallest absolute Gasteiger partial charge is 0.399 e. The summed E-state index contributed by atoms with van der Waals surface area (Å²) in [6.45, 7) is 6.00. The highest BCUT2D eigenvalue weighted by Crippen LogP contribution is 2.32. The zero-order valence-electron chi connectivity index (χ0n) is 31.5. The van der Waals surface area contributed by atoms with Crippen LogP contribution in [-0.4, -0.2) is 42.7 Å². The Morgan fingerprint density at radius 1 is 0.548 bits per heavy atom. The normalized spacial score (nSPS) is 11.3. The SMILES string of the molecule is CCC.Cc1ccc(C(F)(F)F)cc1.Nc1ccc(C(F)(F)F)cc1.O=C(F)Nc1ccc(C(F)(F)F)cc1.O=C(Nc1ccc(C(F)(F)F)cc1)OS(=O)(=O)O.O=S(=O)(O)O. The molecule has 0 saturated heterocycles. The van der Waals surface area contributed by atoms with Gasteiger partial charge in [0.25, 0.3) is 0 Å².